The van der Waals surface area contributed by atoms with Crippen molar-refractivity contribution in [2.24, 2.45) is 33.7 Å². The van der Waals surface area contributed by atoms with E-state index in [4.69, 9.17) is 28.7 Å². The molecule has 3 atom stereocenters. The zero-order valence-corrected chi connectivity index (χ0v) is 38.4. The van der Waals surface area contributed by atoms with Crippen molar-refractivity contribution in [2.75, 3.05) is 6.54 Å². The average molecular weight is 872 g/mol. The summed E-state index contributed by atoms with van der Waals surface area (Å²) in [4.78, 5) is 57.8. The van der Waals surface area contributed by atoms with Crippen molar-refractivity contribution >= 4 is 66.7 Å². The summed E-state index contributed by atoms with van der Waals surface area (Å²) >= 11 is 0. The van der Waals surface area contributed by atoms with Crippen LogP contribution in [0.3, 0.4) is 0 Å². The minimum atomic E-state index is -1.57. The van der Waals surface area contributed by atoms with Crippen LogP contribution in [0.15, 0.2) is 17.1 Å². The Bertz CT molecular complexity index is 1050. The van der Waals surface area contributed by atoms with E-state index in [1.165, 1.54) is 96.3 Å². The smallest absolute Gasteiger partial charge is 0.255 e. The highest BCUT2D eigenvalue weighted by molar-refractivity contribution is 6.13. The van der Waals surface area contributed by atoms with E-state index in [0.29, 0.717) is 24.2 Å². The number of hydrogen-bond donors (Lipinski definition) is 5. The number of unbranched alkanes of at least 4 members (excludes halogenated alkanes) is 23. The van der Waals surface area contributed by atoms with E-state index >= 15 is 0 Å². The van der Waals surface area contributed by atoms with E-state index < -0.39 is 41.6 Å². The Hall–Kier alpha value is -1.76. The van der Waals surface area contributed by atoms with E-state index in [9.17, 15) is 19.2 Å². The number of imide groups is 3. The number of aliphatic imine (C=N–C) groups is 1. The maximum Gasteiger partial charge on any atom is 0.255 e. The third-order valence-electron chi connectivity index (χ3n) is 10.2. The van der Waals surface area contributed by atoms with Crippen LogP contribution in [-0.4, -0.2) is 59.0 Å². The number of hydrogen-bond acceptors (Lipinski definition) is 8. The quantitative estimate of drug-likeness (QED) is 0.0174. The average Bonchev–Trinajstić information content (AvgIpc) is 3.15. The monoisotopic (exact) mass is 870 g/mol. The van der Waals surface area contributed by atoms with E-state index in [-0.39, 0.29) is 69.0 Å². The molecule has 0 aliphatic heterocycles. The Balaban J connectivity index is -0.00000468. The molecule has 10 N–H and O–H groups in total. The Kier molecular flexibility index (Phi) is 47.6. The lowest BCUT2D eigenvalue weighted by atomic mass is 9.96. The van der Waals surface area contributed by atoms with Gasteiger partial charge < -0.3 is 28.7 Å². The number of carbonyl (C=O) groups is 4. The van der Waals surface area contributed by atoms with Gasteiger partial charge in [0.1, 0.15) is 6.04 Å². The highest BCUT2D eigenvalue weighted by atomic mass is 35.5. The first kappa shape index (κ1) is 61.9. The van der Waals surface area contributed by atoms with Gasteiger partial charge in [0, 0.05) is 19.4 Å². The molecular weight excluding hydrogens is 785 g/mol. The molecule has 0 saturated heterocycles. The summed E-state index contributed by atoms with van der Waals surface area (Å²) in [5, 5.41) is 0. The summed E-state index contributed by atoms with van der Waals surface area (Å²) in [7, 11) is 0. The largest absolute Gasteiger partial charge is 0.370 e. The van der Waals surface area contributed by atoms with Crippen molar-refractivity contribution in [1.82, 2.24) is 4.90 Å². The van der Waals surface area contributed by atoms with Crippen LogP contribution in [0.1, 0.15) is 206 Å². The summed E-state index contributed by atoms with van der Waals surface area (Å²) in [5.41, 5.74) is 29.0. The van der Waals surface area contributed by atoms with E-state index in [1.807, 2.05) is 0 Å². The van der Waals surface area contributed by atoms with Crippen LogP contribution in [0.4, 0.5) is 0 Å². The van der Waals surface area contributed by atoms with Crippen LogP contribution in [-0.2, 0) is 19.2 Å². The molecule has 0 heterocycles. The predicted molar refractivity (Wildman–Crippen MR) is 247 cm³/mol. The van der Waals surface area contributed by atoms with Gasteiger partial charge in [-0.05, 0) is 51.4 Å². The summed E-state index contributed by atoms with van der Waals surface area (Å²) in [6, 6.07) is -4.03. The lowest BCUT2D eigenvalue weighted by molar-refractivity contribution is -0.155. The van der Waals surface area contributed by atoms with Gasteiger partial charge in [0.15, 0.2) is 11.7 Å². The van der Waals surface area contributed by atoms with Crippen LogP contribution >= 0.6 is 37.2 Å². The molecule has 11 nitrogen and oxygen atoms in total. The molecular formula is C43H86Cl3N7O4. The number of allylic oxidation sites excluding steroid dienone is 2. The number of halogens is 3. The van der Waals surface area contributed by atoms with Gasteiger partial charge in [0.2, 0.25) is 11.8 Å². The van der Waals surface area contributed by atoms with Gasteiger partial charge in [-0.25, -0.2) is 4.90 Å². The number of ketones is 1. The molecule has 14 heteroatoms. The molecule has 0 aliphatic carbocycles. The third-order valence-corrected chi connectivity index (χ3v) is 10.2. The number of Topliss-reactive ketones (excluding diaryl/α,β-unsaturated/α-hetero) is 1. The second-order valence-corrected chi connectivity index (χ2v) is 15.3. The number of guanidine groups is 1. The maximum atomic E-state index is 13.6. The van der Waals surface area contributed by atoms with Crippen LogP contribution in [0.2, 0.25) is 0 Å². The molecule has 0 spiro atoms. The Morgan fingerprint density at radius 2 is 0.860 bits per heavy atom. The van der Waals surface area contributed by atoms with Crippen LogP contribution < -0.4 is 28.7 Å². The van der Waals surface area contributed by atoms with Gasteiger partial charge >= 0.3 is 0 Å². The third kappa shape index (κ3) is 34.8. The zero-order valence-electron chi connectivity index (χ0n) is 35.9. The second-order valence-electron chi connectivity index (χ2n) is 15.3. The first-order chi connectivity index (χ1) is 26.1. The zero-order chi connectivity index (χ0) is 40.2. The number of nitrogens with two attached hydrogens (primary N) is 5. The Morgan fingerprint density at radius 1 is 0.509 bits per heavy atom. The van der Waals surface area contributed by atoms with Crippen LogP contribution in [0.5, 0.6) is 0 Å². The SMILES string of the molecule is CCCCCCCC/C=C\CCCCCCCC(=O)N(C(=O)CCCCCCCCCCCCCCC)C(=O)C(N)C(N)C(=O)[C@@H](N)CCCN=C(N)N.Cl.Cl.Cl. The molecule has 0 radical (unpaired) electrons. The van der Waals surface area contributed by atoms with Crippen molar-refractivity contribution in [2.45, 2.75) is 225 Å². The fourth-order valence-corrected chi connectivity index (χ4v) is 6.64. The standard InChI is InChI=1S/C43H83N7O4.3ClH/c1-3-5-7-9-11-13-15-17-18-20-22-24-26-28-30-34-38(52)50(37(51)33-29-27-25-23-21-19-16-14-12-10-8-6-4-2)42(54)40(46)39(45)41(53)36(44)32-31-35-49-43(47)48;;;/h17-18,36,39-40H,3-16,19-35,44-46H2,1-2H3,(H4,47,48,49);3*1H/b18-17-;;;/t36-,39?,40?;;;/m0.../s1. The van der Waals surface area contributed by atoms with Crippen molar-refractivity contribution in [3.63, 3.8) is 0 Å². The van der Waals surface area contributed by atoms with Crippen LogP contribution in [0.25, 0.3) is 0 Å². The van der Waals surface area contributed by atoms with Crippen LogP contribution in [0, 0.1) is 0 Å². The van der Waals surface area contributed by atoms with Crippen molar-refractivity contribution in [3.05, 3.63) is 12.2 Å². The molecule has 3 amide bonds. The second kappa shape index (κ2) is 43.8. The van der Waals surface area contributed by atoms with Gasteiger partial charge in [-0.15, -0.1) is 37.2 Å². The lowest BCUT2D eigenvalue weighted by Gasteiger charge is -2.26. The lowest BCUT2D eigenvalue weighted by Crippen LogP contribution is -2.61. The molecule has 2 unspecified atom stereocenters. The minimum Gasteiger partial charge on any atom is -0.370 e. The summed E-state index contributed by atoms with van der Waals surface area (Å²) in [6.45, 7) is 4.77. The molecule has 0 aromatic carbocycles. The van der Waals surface area contributed by atoms with Gasteiger partial charge in [-0.3, -0.25) is 24.2 Å². The van der Waals surface area contributed by atoms with Gasteiger partial charge in [0.25, 0.3) is 5.91 Å². The topological polar surface area (TPSA) is 214 Å². The molecule has 0 rings (SSSR count). The molecule has 0 aliphatic rings. The molecule has 338 valence electrons. The summed E-state index contributed by atoms with van der Waals surface area (Å²) in [5.74, 6) is -2.80. The number of rotatable bonds is 37. The highest BCUT2D eigenvalue weighted by Gasteiger charge is 2.37. The van der Waals surface area contributed by atoms with Crippen molar-refractivity contribution in [3.8, 4) is 0 Å². The molecule has 57 heavy (non-hydrogen) atoms. The van der Waals surface area contributed by atoms with Crippen molar-refractivity contribution in [1.29, 1.82) is 0 Å². The highest BCUT2D eigenvalue weighted by Crippen LogP contribution is 2.16. The molecule has 0 aromatic rings. The predicted octanol–water partition coefficient (Wildman–Crippen LogP) is 9.26. The van der Waals surface area contributed by atoms with Gasteiger partial charge in [-0.2, -0.15) is 0 Å². The van der Waals surface area contributed by atoms with E-state index in [0.717, 1.165) is 57.8 Å². The van der Waals surface area contributed by atoms with E-state index in [2.05, 4.69) is 31.0 Å². The fourth-order valence-electron chi connectivity index (χ4n) is 6.64. The van der Waals surface area contributed by atoms with E-state index in [1.54, 1.807) is 0 Å². The summed E-state index contributed by atoms with van der Waals surface area (Å²) < 4.78 is 0. The first-order valence-corrected chi connectivity index (χ1v) is 22.0. The van der Waals surface area contributed by atoms with Gasteiger partial charge in [0.05, 0.1) is 12.1 Å². The van der Waals surface area contributed by atoms with Gasteiger partial charge in [-0.1, -0.05) is 154 Å². The Labute approximate surface area is 366 Å². The molecule has 0 bridgehead atoms. The Morgan fingerprint density at radius 3 is 1.23 bits per heavy atom. The molecule has 0 aromatic heterocycles. The van der Waals surface area contributed by atoms with Crippen molar-refractivity contribution < 1.29 is 19.2 Å². The maximum absolute atomic E-state index is 13.6. The fraction of sp³-hybridized carbons (Fsp3) is 0.837. The molecule has 0 fully saturated rings. The number of amides is 3. The normalized spacial score (nSPS) is 12.4. The molecule has 0 saturated carbocycles. The minimum absolute atomic E-state index is 0. The summed E-state index contributed by atoms with van der Waals surface area (Å²) in [6.07, 6.45) is 35.0. The number of carbonyl (C=O) groups excluding carboxylic acids is 4. The number of nitrogens with zero attached hydrogens (tertiary/aromatic N) is 2. The first-order valence-electron chi connectivity index (χ1n) is 22.0.